The minimum Gasteiger partial charge on any atom is -0.239 e. The Morgan fingerprint density at radius 1 is 1.06 bits per heavy atom. The molecule has 0 aliphatic heterocycles. The zero-order valence-corrected chi connectivity index (χ0v) is 10.4. The van der Waals surface area contributed by atoms with Crippen LogP contribution in [-0.2, 0) is 0 Å². The van der Waals surface area contributed by atoms with Crippen LogP contribution in [0.4, 0.5) is 4.39 Å². The van der Waals surface area contributed by atoms with Gasteiger partial charge in [0.05, 0.1) is 5.52 Å². The summed E-state index contributed by atoms with van der Waals surface area (Å²) >= 11 is 3.33. The molecule has 0 aliphatic rings. The van der Waals surface area contributed by atoms with E-state index in [0.29, 0.717) is 0 Å². The molecule has 0 radical (unpaired) electrons. The molecule has 3 rings (SSSR count). The van der Waals surface area contributed by atoms with Gasteiger partial charge in [-0.25, -0.2) is 8.91 Å². The quantitative estimate of drug-likeness (QED) is 0.664. The Balaban J connectivity index is 2.17. The van der Waals surface area contributed by atoms with E-state index in [1.807, 2.05) is 30.5 Å². The largest absolute Gasteiger partial charge is 0.239 e. The molecule has 84 valence electrons. The Morgan fingerprint density at radius 2 is 1.94 bits per heavy atom. The number of aromatic nitrogens is 2. The molecule has 0 saturated heterocycles. The van der Waals surface area contributed by atoms with Gasteiger partial charge >= 0.3 is 0 Å². The van der Waals surface area contributed by atoms with Gasteiger partial charge in [-0.1, -0.05) is 18.2 Å². The van der Waals surface area contributed by atoms with E-state index in [1.54, 1.807) is 10.6 Å². The standard InChI is InChI=1S/C13H8BrFN2/c14-13-7-12-5-4-10(8-17(12)16-13)9-2-1-3-11(15)6-9/h1-8H. The summed E-state index contributed by atoms with van der Waals surface area (Å²) in [6.45, 7) is 0. The van der Waals surface area contributed by atoms with Crippen molar-refractivity contribution in [2.75, 3.05) is 0 Å². The van der Waals surface area contributed by atoms with Crippen LogP contribution in [0.1, 0.15) is 0 Å². The van der Waals surface area contributed by atoms with E-state index in [0.717, 1.165) is 21.2 Å². The first-order valence-electron chi connectivity index (χ1n) is 5.13. The van der Waals surface area contributed by atoms with Gasteiger partial charge in [0.2, 0.25) is 0 Å². The van der Waals surface area contributed by atoms with Gasteiger partial charge < -0.3 is 0 Å². The van der Waals surface area contributed by atoms with Gasteiger partial charge in [-0.15, -0.1) is 0 Å². The van der Waals surface area contributed by atoms with Crippen molar-refractivity contribution in [3.8, 4) is 11.1 Å². The van der Waals surface area contributed by atoms with Gasteiger partial charge in [0.15, 0.2) is 0 Å². The minimum absolute atomic E-state index is 0.232. The van der Waals surface area contributed by atoms with Gasteiger partial charge in [0.25, 0.3) is 0 Å². The van der Waals surface area contributed by atoms with Crippen LogP contribution in [0.25, 0.3) is 16.6 Å². The number of nitrogens with zero attached hydrogens (tertiary/aromatic N) is 2. The molecule has 0 fully saturated rings. The molecule has 2 aromatic heterocycles. The molecular formula is C13H8BrFN2. The number of fused-ring (bicyclic) bond motifs is 1. The van der Waals surface area contributed by atoms with Crippen molar-refractivity contribution in [2.24, 2.45) is 0 Å². The Hall–Kier alpha value is -1.68. The Morgan fingerprint density at radius 3 is 2.76 bits per heavy atom. The van der Waals surface area contributed by atoms with Crippen LogP contribution in [-0.4, -0.2) is 9.61 Å². The molecule has 3 aromatic rings. The lowest BCUT2D eigenvalue weighted by Gasteiger charge is -2.02. The normalized spacial score (nSPS) is 10.9. The molecule has 2 nitrogen and oxygen atoms in total. The van der Waals surface area contributed by atoms with Gasteiger partial charge in [0.1, 0.15) is 10.4 Å². The van der Waals surface area contributed by atoms with E-state index < -0.39 is 0 Å². The maximum absolute atomic E-state index is 13.1. The smallest absolute Gasteiger partial charge is 0.129 e. The first kappa shape index (κ1) is 10.5. The molecule has 0 saturated carbocycles. The van der Waals surface area contributed by atoms with Gasteiger partial charge in [-0.05, 0) is 45.8 Å². The maximum Gasteiger partial charge on any atom is 0.129 e. The number of rotatable bonds is 1. The van der Waals surface area contributed by atoms with E-state index in [9.17, 15) is 4.39 Å². The Bertz CT molecular complexity index is 691. The Kier molecular flexibility index (Phi) is 2.44. The zero-order valence-electron chi connectivity index (χ0n) is 8.77. The van der Waals surface area contributed by atoms with Crippen LogP contribution >= 0.6 is 15.9 Å². The van der Waals surface area contributed by atoms with Crippen LogP contribution in [0.3, 0.4) is 0 Å². The molecule has 0 spiro atoms. The van der Waals surface area contributed by atoms with E-state index in [1.165, 1.54) is 12.1 Å². The van der Waals surface area contributed by atoms with Crippen molar-refractivity contribution < 1.29 is 4.39 Å². The van der Waals surface area contributed by atoms with Crippen molar-refractivity contribution in [3.05, 3.63) is 59.1 Å². The summed E-state index contributed by atoms with van der Waals surface area (Å²) in [5.41, 5.74) is 2.78. The second-order valence-electron chi connectivity index (χ2n) is 3.76. The fraction of sp³-hybridized carbons (Fsp3) is 0. The third-order valence-electron chi connectivity index (χ3n) is 2.59. The number of halogens is 2. The average molecular weight is 291 g/mol. The summed E-state index contributed by atoms with van der Waals surface area (Å²) in [7, 11) is 0. The fourth-order valence-electron chi connectivity index (χ4n) is 1.79. The fourth-order valence-corrected chi connectivity index (χ4v) is 2.20. The van der Waals surface area contributed by atoms with Gasteiger partial charge in [0, 0.05) is 11.8 Å². The predicted octanol–water partition coefficient (Wildman–Crippen LogP) is 3.90. The van der Waals surface area contributed by atoms with Gasteiger partial charge in [-0.2, -0.15) is 5.10 Å². The topological polar surface area (TPSA) is 17.3 Å². The van der Waals surface area contributed by atoms with Crippen molar-refractivity contribution in [1.82, 2.24) is 9.61 Å². The van der Waals surface area contributed by atoms with E-state index in [2.05, 4.69) is 21.0 Å². The lowest BCUT2D eigenvalue weighted by atomic mass is 10.1. The highest BCUT2D eigenvalue weighted by atomic mass is 79.9. The van der Waals surface area contributed by atoms with Crippen LogP contribution in [0.2, 0.25) is 0 Å². The second kappa shape index (κ2) is 3.96. The van der Waals surface area contributed by atoms with E-state index in [4.69, 9.17) is 0 Å². The highest BCUT2D eigenvalue weighted by Crippen LogP contribution is 2.21. The third-order valence-corrected chi connectivity index (χ3v) is 2.98. The van der Waals surface area contributed by atoms with Crippen molar-refractivity contribution >= 4 is 21.4 Å². The SMILES string of the molecule is Fc1cccc(-c2ccc3cc(Br)nn3c2)c1. The van der Waals surface area contributed by atoms with Crippen LogP contribution in [0, 0.1) is 5.82 Å². The van der Waals surface area contributed by atoms with Crippen LogP contribution in [0.5, 0.6) is 0 Å². The highest BCUT2D eigenvalue weighted by molar-refractivity contribution is 9.10. The predicted molar refractivity (Wildman–Crippen MR) is 68.3 cm³/mol. The third kappa shape index (κ3) is 1.96. The average Bonchev–Trinajstić information content (AvgIpc) is 2.68. The number of hydrogen-bond acceptors (Lipinski definition) is 1. The minimum atomic E-state index is -0.232. The molecule has 0 amide bonds. The molecule has 0 N–H and O–H groups in total. The van der Waals surface area contributed by atoms with E-state index >= 15 is 0 Å². The number of pyridine rings is 1. The van der Waals surface area contributed by atoms with Crippen molar-refractivity contribution in [3.63, 3.8) is 0 Å². The molecule has 0 atom stereocenters. The molecular weight excluding hydrogens is 283 g/mol. The summed E-state index contributed by atoms with van der Waals surface area (Å²) in [4.78, 5) is 0. The first-order valence-corrected chi connectivity index (χ1v) is 5.92. The summed E-state index contributed by atoms with van der Waals surface area (Å²) in [5.74, 6) is -0.232. The molecule has 4 heteroatoms. The van der Waals surface area contributed by atoms with Crippen molar-refractivity contribution in [1.29, 1.82) is 0 Å². The van der Waals surface area contributed by atoms with E-state index in [-0.39, 0.29) is 5.82 Å². The first-order chi connectivity index (χ1) is 8.22. The molecule has 0 aliphatic carbocycles. The molecule has 0 unspecified atom stereocenters. The monoisotopic (exact) mass is 290 g/mol. The maximum atomic E-state index is 13.1. The summed E-state index contributed by atoms with van der Waals surface area (Å²) in [6.07, 6.45) is 1.88. The molecule has 17 heavy (non-hydrogen) atoms. The van der Waals surface area contributed by atoms with Crippen molar-refractivity contribution in [2.45, 2.75) is 0 Å². The molecule has 0 bridgehead atoms. The van der Waals surface area contributed by atoms with Crippen LogP contribution in [0.15, 0.2) is 53.3 Å². The molecule has 1 aromatic carbocycles. The van der Waals surface area contributed by atoms with Crippen LogP contribution < -0.4 is 0 Å². The number of benzene rings is 1. The lowest BCUT2D eigenvalue weighted by molar-refractivity contribution is 0.628. The summed E-state index contributed by atoms with van der Waals surface area (Å²) in [6, 6.07) is 12.4. The summed E-state index contributed by atoms with van der Waals surface area (Å²) in [5, 5.41) is 4.26. The van der Waals surface area contributed by atoms with Gasteiger partial charge in [-0.3, -0.25) is 0 Å². The zero-order chi connectivity index (χ0) is 11.8. The Labute approximate surface area is 106 Å². The molecule has 2 heterocycles. The lowest BCUT2D eigenvalue weighted by Crippen LogP contribution is -1.88. The highest BCUT2D eigenvalue weighted by Gasteiger charge is 2.03. The second-order valence-corrected chi connectivity index (χ2v) is 4.58. The summed E-state index contributed by atoms with van der Waals surface area (Å²) < 4.78 is 15.7. The number of hydrogen-bond donors (Lipinski definition) is 0.